The van der Waals surface area contributed by atoms with Crippen LogP contribution in [0.15, 0.2) is 22.8 Å². The second-order valence-corrected chi connectivity index (χ2v) is 5.86. The maximum atomic E-state index is 12.1. The van der Waals surface area contributed by atoms with Gasteiger partial charge in [-0.15, -0.1) is 0 Å². The van der Waals surface area contributed by atoms with Crippen molar-refractivity contribution < 1.29 is 19.4 Å². The van der Waals surface area contributed by atoms with Crippen molar-refractivity contribution in [2.45, 2.75) is 31.0 Å². The molecule has 2 aliphatic rings. The second kappa shape index (κ2) is 5.14. The molecule has 1 aromatic heterocycles. The molecule has 2 atom stereocenters. The third-order valence-electron chi connectivity index (χ3n) is 3.50. The van der Waals surface area contributed by atoms with E-state index >= 15 is 0 Å². The first-order valence-electron chi connectivity index (χ1n) is 6.35. The van der Waals surface area contributed by atoms with E-state index in [-0.39, 0.29) is 18.6 Å². The Kier molecular flexibility index (Phi) is 3.47. The number of aromatic nitrogens is 1. The van der Waals surface area contributed by atoms with Gasteiger partial charge < -0.3 is 14.7 Å². The van der Waals surface area contributed by atoms with Gasteiger partial charge in [0.2, 0.25) is 5.91 Å². The number of hydrogen-bond donors (Lipinski definition) is 1. The third kappa shape index (κ3) is 2.43. The molecule has 0 radical (unpaired) electrons. The minimum Gasteiger partial charge on any atom is -0.479 e. The molecule has 2 unspecified atom stereocenters. The molecule has 0 spiro atoms. The van der Waals surface area contributed by atoms with Crippen molar-refractivity contribution in [3.63, 3.8) is 0 Å². The molecule has 7 heteroatoms. The Morgan fingerprint density at radius 2 is 2.20 bits per heavy atom. The SMILES string of the molecule is O=C(O)C1OCC(=O)N(C2CC2)C1c1ccc(Br)cn1. The fraction of sp³-hybridized carbons (Fsp3) is 0.462. The first kappa shape index (κ1) is 13.5. The van der Waals surface area contributed by atoms with Crippen LogP contribution in [0.1, 0.15) is 24.6 Å². The number of hydrogen-bond acceptors (Lipinski definition) is 4. The maximum absolute atomic E-state index is 12.1. The highest BCUT2D eigenvalue weighted by Gasteiger charge is 2.48. The molecular formula is C13H13BrN2O4. The van der Waals surface area contributed by atoms with Crippen LogP contribution in [-0.4, -0.2) is 45.6 Å². The highest BCUT2D eigenvalue weighted by atomic mass is 79.9. The molecule has 2 fully saturated rings. The van der Waals surface area contributed by atoms with Gasteiger partial charge in [-0.3, -0.25) is 9.78 Å². The van der Waals surface area contributed by atoms with Gasteiger partial charge in [-0.2, -0.15) is 0 Å². The van der Waals surface area contributed by atoms with E-state index in [1.807, 2.05) is 0 Å². The number of carboxylic acids is 1. The zero-order valence-electron chi connectivity index (χ0n) is 10.5. The number of carbonyl (C=O) groups is 2. The van der Waals surface area contributed by atoms with E-state index in [0.29, 0.717) is 5.69 Å². The monoisotopic (exact) mass is 340 g/mol. The number of morpholine rings is 1. The van der Waals surface area contributed by atoms with E-state index in [2.05, 4.69) is 20.9 Å². The highest BCUT2D eigenvalue weighted by Crippen LogP contribution is 2.39. The maximum Gasteiger partial charge on any atom is 0.335 e. The van der Waals surface area contributed by atoms with Crippen molar-refractivity contribution in [3.8, 4) is 0 Å². The molecule has 1 aliphatic carbocycles. The lowest BCUT2D eigenvalue weighted by molar-refractivity contribution is -0.174. The summed E-state index contributed by atoms with van der Waals surface area (Å²) in [5, 5.41) is 9.33. The summed E-state index contributed by atoms with van der Waals surface area (Å²) in [4.78, 5) is 29.3. The van der Waals surface area contributed by atoms with Crippen LogP contribution in [0, 0.1) is 0 Å². The van der Waals surface area contributed by atoms with Gasteiger partial charge in [0.15, 0.2) is 6.10 Å². The summed E-state index contributed by atoms with van der Waals surface area (Å²) in [6.45, 7) is -0.180. The molecule has 20 heavy (non-hydrogen) atoms. The van der Waals surface area contributed by atoms with Crippen molar-refractivity contribution in [3.05, 3.63) is 28.5 Å². The van der Waals surface area contributed by atoms with Gasteiger partial charge in [-0.1, -0.05) is 0 Å². The molecule has 1 N–H and O–H groups in total. The van der Waals surface area contributed by atoms with E-state index in [1.165, 1.54) is 0 Å². The van der Waals surface area contributed by atoms with E-state index < -0.39 is 18.1 Å². The number of halogens is 1. The fourth-order valence-electron chi connectivity index (χ4n) is 2.48. The van der Waals surface area contributed by atoms with Gasteiger partial charge in [0, 0.05) is 16.7 Å². The highest BCUT2D eigenvalue weighted by molar-refractivity contribution is 9.10. The van der Waals surface area contributed by atoms with Crippen LogP contribution in [0.5, 0.6) is 0 Å². The minimum absolute atomic E-state index is 0.115. The number of carbonyl (C=O) groups excluding carboxylic acids is 1. The molecule has 0 bridgehead atoms. The largest absolute Gasteiger partial charge is 0.479 e. The summed E-state index contributed by atoms with van der Waals surface area (Å²) >= 11 is 3.29. The molecular weight excluding hydrogens is 328 g/mol. The number of ether oxygens (including phenoxy) is 1. The Hall–Kier alpha value is -1.47. The molecule has 1 saturated heterocycles. The van der Waals surface area contributed by atoms with Gasteiger partial charge >= 0.3 is 5.97 Å². The normalized spacial score (nSPS) is 26.6. The molecule has 2 heterocycles. The smallest absolute Gasteiger partial charge is 0.335 e. The topological polar surface area (TPSA) is 79.7 Å². The Labute approximate surface area is 123 Å². The first-order chi connectivity index (χ1) is 9.58. The number of amides is 1. The van der Waals surface area contributed by atoms with Gasteiger partial charge in [-0.25, -0.2) is 4.79 Å². The van der Waals surface area contributed by atoms with Gasteiger partial charge in [-0.05, 0) is 40.9 Å². The van der Waals surface area contributed by atoms with Crippen LogP contribution in [-0.2, 0) is 14.3 Å². The first-order valence-corrected chi connectivity index (χ1v) is 7.14. The number of carboxylic acid groups (broad SMARTS) is 1. The number of nitrogens with zero attached hydrogens (tertiary/aromatic N) is 2. The van der Waals surface area contributed by atoms with Gasteiger partial charge in [0.25, 0.3) is 0 Å². The molecule has 1 aliphatic heterocycles. The van der Waals surface area contributed by atoms with Crippen molar-refractivity contribution in [1.82, 2.24) is 9.88 Å². The molecule has 0 aromatic carbocycles. The third-order valence-corrected chi connectivity index (χ3v) is 3.97. The quantitative estimate of drug-likeness (QED) is 0.898. The van der Waals surface area contributed by atoms with Crippen LogP contribution >= 0.6 is 15.9 Å². The number of rotatable bonds is 3. The zero-order chi connectivity index (χ0) is 14.3. The summed E-state index contributed by atoms with van der Waals surface area (Å²) in [6, 6.07) is 2.96. The van der Waals surface area contributed by atoms with E-state index in [9.17, 15) is 14.7 Å². The van der Waals surface area contributed by atoms with E-state index in [1.54, 1.807) is 23.2 Å². The predicted molar refractivity (Wildman–Crippen MR) is 71.9 cm³/mol. The summed E-state index contributed by atoms with van der Waals surface area (Å²) in [6.07, 6.45) is 2.34. The zero-order valence-corrected chi connectivity index (χ0v) is 12.1. The summed E-state index contributed by atoms with van der Waals surface area (Å²) in [5.41, 5.74) is 0.542. The molecule has 3 rings (SSSR count). The Balaban J connectivity index is 2.00. The van der Waals surface area contributed by atoms with Crippen LogP contribution < -0.4 is 0 Å². The van der Waals surface area contributed by atoms with Crippen molar-refractivity contribution in [2.24, 2.45) is 0 Å². The molecule has 1 amide bonds. The Morgan fingerprint density at radius 3 is 2.75 bits per heavy atom. The van der Waals surface area contributed by atoms with E-state index in [0.717, 1.165) is 17.3 Å². The van der Waals surface area contributed by atoms with Gasteiger partial charge in [0.05, 0.1) is 5.69 Å². The lowest BCUT2D eigenvalue weighted by Crippen LogP contribution is -2.52. The standard InChI is InChI=1S/C13H13BrN2O4/c14-7-1-4-9(15-5-7)11-12(13(18)19)20-6-10(17)16(11)8-2-3-8/h1,4-5,8,11-12H,2-3,6H2,(H,18,19). The lowest BCUT2D eigenvalue weighted by Gasteiger charge is -2.39. The summed E-state index contributed by atoms with van der Waals surface area (Å²) < 4.78 is 6.01. The molecule has 106 valence electrons. The van der Waals surface area contributed by atoms with Crippen molar-refractivity contribution in [2.75, 3.05) is 6.61 Å². The minimum atomic E-state index is -1.07. The molecule has 1 saturated carbocycles. The van der Waals surface area contributed by atoms with E-state index in [4.69, 9.17) is 4.74 Å². The molecule has 1 aromatic rings. The van der Waals surface area contributed by atoms with Crippen LogP contribution in [0.25, 0.3) is 0 Å². The van der Waals surface area contributed by atoms with Crippen molar-refractivity contribution >= 4 is 27.8 Å². The number of pyridine rings is 1. The average Bonchev–Trinajstić information content (AvgIpc) is 3.23. The fourth-order valence-corrected chi connectivity index (χ4v) is 2.71. The van der Waals surface area contributed by atoms with Crippen LogP contribution in [0.4, 0.5) is 0 Å². The molecule has 6 nitrogen and oxygen atoms in total. The number of aliphatic carboxylic acids is 1. The van der Waals surface area contributed by atoms with Crippen LogP contribution in [0.3, 0.4) is 0 Å². The Bertz CT molecular complexity index is 544. The lowest BCUT2D eigenvalue weighted by atomic mass is 10.0. The Morgan fingerprint density at radius 1 is 1.45 bits per heavy atom. The predicted octanol–water partition coefficient (Wildman–Crippen LogP) is 1.36. The summed E-state index contributed by atoms with van der Waals surface area (Å²) in [5.74, 6) is -1.24. The van der Waals surface area contributed by atoms with Gasteiger partial charge in [0.1, 0.15) is 12.6 Å². The van der Waals surface area contributed by atoms with Crippen LogP contribution in [0.2, 0.25) is 0 Å². The average molecular weight is 341 g/mol. The van der Waals surface area contributed by atoms with Crippen molar-refractivity contribution in [1.29, 1.82) is 0 Å². The summed E-state index contributed by atoms with van der Waals surface area (Å²) in [7, 11) is 0. The second-order valence-electron chi connectivity index (χ2n) is 4.95.